The minimum Gasteiger partial charge on any atom is -0.309 e. The zero-order chi connectivity index (χ0) is 42.6. The van der Waals surface area contributed by atoms with Gasteiger partial charge in [-0.25, -0.2) is 14.8 Å². The number of nitrogens with zero attached hydrogens (tertiary/aromatic N) is 5. The lowest BCUT2D eigenvalue weighted by molar-refractivity contribution is 1.16. The van der Waals surface area contributed by atoms with Gasteiger partial charge in [-0.3, -0.25) is 0 Å². The molecule has 0 aliphatic heterocycles. The highest BCUT2D eigenvalue weighted by atomic mass is 15.0. The Bertz CT molecular complexity index is 3690. The minimum absolute atomic E-state index is 0.627. The van der Waals surface area contributed by atoms with E-state index in [1.165, 1.54) is 10.8 Å². The summed E-state index contributed by atoms with van der Waals surface area (Å²) in [6.07, 6.45) is 0. The smallest absolute Gasteiger partial charge is 0.187 e. The summed E-state index contributed by atoms with van der Waals surface area (Å²) >= 11 is 0. The van der Waals surface area contributed by atoms with Gasteiger partial charge in [0.15, 0.2) is 11.5 Å². The van der Waals surface area contributed by atoms with Crippen molar-refractivity contribution in [1.29, 1.82) is 0 Å². The molecule has 3 aromatic heterocycles. The third-order valence-corrected chi connectivity index (χ3v) is 12.3. The molecule has 0 radical (unpaired) electrons. The average molecular weight is 816 g/mol. The van der Waals surface area contributed by atoms with E-state index in [0.717, 1.165) is 94.5 Å². The van der Waals surface area contributed by atoms with Crippen molar-refractivity contribution in [3.8, 4) is 67.5 Å². The van der Waals surface area contributed by atoms with Crippen LogP contribution in [-0.2, 0) is 0 Å². The van der Waals surface area contributed by atoms with Crippen molar-refractivity contribution in [3.05, 3.63) is 236 Å². The van der Waals surface area contributed by atoms with Crippen molar-refractivity contribution in [3.63, 3.8) is 0 Å². The highest BCUT2D eigenvalue weighted by Gasteiger charge is 2.20. The first-order valence-electron chi connectivity index (χ1n) is 21.4. The van der Waals surface area contributed by atoms with Gasteiger partial charge in [0.05, 0.1) is 45.7 Å². The summed E-state index contributed by atoms with van der Waals surface area (Å²) < 4.78 is 4.77. The predicted octanol–water partition coefficient (Wildman–Crippen LogP) is 15.6. The van der Waals surface area contributed by atoms with Crippen LogP contribution in [0.25, 0.3) is 116 Å². The van der Waals surface area contributed by atoms with Gasteiger partial charge in [-0.05, 0) is 89.5 Å². The minimum atomic E-state index is 0.627. The van der Waals surface area contributed by atoms with Crippen LogP contribution in [0.5, 0.6) is 0 Å². The maximum absolute atomic E-state index is 7.64. The number of hydrogen-bond acceptors (Lipinski definition) is 2. The van der Waals surface area contributed by atoms with E-state index in [9.17, 15) is 0 Å². The fraction of sp³-hybridized carbons (Fsp3) is 0. The first-order valence-corrected chi connectivity index (χ1v) is 21.4. The summed E-state index contributed by atoms with van der Waals surface area (Å²) in [6.45, 7) is 7.64. The number of fused-ring (bicyclic) bond motifs is 6. The largest absolute Gasteiger partial charge is 0.309 e. The van der Waals surface area contributed by atoms with Crippen LogP contribution in [0.3, 0.4) is 0 Å². The zero-order valence-corrected chi connectivity index (χ0v) is 34.6. The number of rotatable bonds is 7. The number of hydrogen-bond donors (Lipinski definition) is 0. The first-order chi connectivity index (χ1) is 31.7. The van der Waals surface area contributed by atoms with Gasteiger partial charge in [0.2, 0.25) is 0 Å². The van der Waals surface area contributed by atoms with Crippen LogP contribution in [0, 0.1) is 6.57 Å². The van der Waals surface area contributed by atoms with E-state index in [-0.39, 0.29) is 0 Å². The quantitative estimate of drug-likeness (QED) is 0.150. The van der Waals surface area contributed by atoms with Crippen LogP contribution in [0.2, 0.25) is 0 Å². The summed E-state index contributed by atoms with van der Waals surface area (Å²) in [5.41, 5.74) is 16.2. The van der Waals surface area contributed by atoms with Gasteiger partial charge in [-0.1, -0.05) is 152 Å². The van der Waals surface area contributed by atoms with Gasteiger partial charge in [-0.2, -0.15) is 0 Å². The van der Waals surface area contributed by atoms with Gasteiger partial charge < -0.3 is 9.13 Å². The summed E-state index contributed by atoms with van der Waals surface area (Å²) in [5, 5.41) is 4.74. The molecule has 0 N–H and O–H groups in total. The molecular weight excluding hydrogens is 779 g/mol. The van der Waals surface area contributed by atoms with E-state index in [4.69, 9.17) is 16.5 Å². The van der Waals surface area contributed by atoms with E-state index in [1.807, 2.05) is 30.3 Å². The Labute approximate surface area is 370 Å². The fourth-order valence-corrected chi connectivity index (χ4v) is 9.37. The van der Waals surface area contributed by atoms with E-state index in [1.54, 1.807) is 0 Å². The predicted molar refractivity (Wildman–Crippen MR) is 264 cm³/mol. The van der Waals surface area contributed by atoms with Crippen LogP contribution in [0.1, 0.15) is 0 Å². The molecule has 9 aromatic carbocycles. The fourth-order valence-electron chi connectivity index (χ4n) is 9.37. The van der Waals surface area contributed by atoms with Crippen LogP contribution >= 0.6 is 0 Å². The van der Waals surface area contributed by atoms with Crippen molar-refractivity contribution in [2.45, 2.75) is 0 Å². The highest BCUT2D eigenvalue weighted by molar-refractivity contribution is 6.12. The Hall–Kier alpha value is -8.85. The molecule has 0 bridgehead atoms. The second-order valence-electron chi connectivity index (χ2n) is 16.1. The van der Waals surface area contributed by atoms with Gasteiger partial charge in [0.25, 0.3) is 0 Å². The molecule has 298 valence electrons. The van der Waals surface area contributed by atoms with Crippen molar-refractivity contribution in [2.75, 3.05) is 0 Å². The lowest BCUT2D eigenvalue weighted by Gasteiger charge is -2.17. The molecule has 0 saturated carbocycles. The molecular formula is C59H37N5. The molecule has 12 aromatic rings. The molecule has 3 heterocycles. The van der Waals surface area contributed by atoms with Crippen molar-refractivity contribution in [2.24, 2.45) is 0 Å². The van der Waals surface area contributed by atoms with E-state index in [2.05, 4.69) is 208 Å². The molecule has 0 amide bonds. The number of para-hydroxylation sites is 3. The lowest BCUT2D eigenvalue weighted by atomic mass is 9.98. The molecule has 12 rings (SSSR count). The summed E-state index contributed by atoms with van der Waals surface area (Å²) in [5.74, 6) is 0.653. The SMILES string of the molecule is [C-]#[N+]c1cccc(-c2ccc3c(c2)c2ccccc2n3-c2ccc(-c3nc(-c4ccccc4)cc(-c4ccccc4)n3)cc2-c2cccc(-n3c4ccccc4c4ccccc43)c2)c1. The van der Waals surface area contributed by atoms with E-state index in [0.29, 0.717) is 11.5 Å². The van der Waals surface area contributed by atoms with E-state index < -0.39 is 0 Å². The van der Waals surface area contributed by atoms with Crippen molar-refractivity contribution < 1.29 is 0 Å². The van der Waals surface area contributed by atoms with Gasteiger partial charge >= 0.3 is 0 Å². The average Bonchev–Trinajstić information content (AvgIpc) is 3.89. The molecule has 0 unspecified atom stereocenters. The molecule has 0 aliphatic rings. The van der Waals surface area contributed by atoms with Gasteiger partial charge in [0.1, 0.15) is 0 Å². The van der Waals surface area contributed by atoms with Crippen LogP contribution in [0.4, 0.5) is 5.69 Å². The van der Waals surface area contributed by atoms with Gasteiger partial charge in [-0.15, -0.1) is 0 Å². The second-order valence-corrected chi connectivity index (χ2v) is 16.1. The third-order valence-electron chi connectivity index (χ3n) is 12.3. The summed E-state index contributed by atoms with van der Waals surface area (Å²) in [7, 11) is 0. The molecule has 5 heteroatoms. The Balaban J connectivity index is 1.11. The third kappa shape index (κ3) is 6.24. The molecule has 0 spiro atoms. The first kappa shape index (κ1) is 37.0. The molecule has 0 atom stereocenters. The van der Waals surface area contributed by atoms with E-state index >= 15 is 0 Å². The van der Waals surface area contributed by atoms with Gasteiger partial charge in [0, 0.05) is 49.5 Å². The van der Waals surface area contributed by atoms with Crippen LogP contribution < -0.4 is 0 Å². The zero-order valence-electron chi connectivity index (χ0n) is 34.6. The normalized spacial score (nSPS) is 11.4. The highest BCUT2D eigenvalue weighted by Crippen LogP contribution is 2.41. The maximum atomic E-state index is 7.64. The molecule has 64 heavy (non-hydrogen) atoms. The Morgan fingerprint density at radius 3 is 1.52 bits per heavy atom. The maximum Gasteiger partial charge on any atom is 0.187 e. The number of benzene rings is 9. The number of aromatic nitrogens is 4. The Morgan fingerprint density at radius 1 is 0.344 bits per heavy atom. The van der Waals surface area contributed by atoms with Crippen molar-refractivity contribution >= 4 is 49.3 Å². The van der Waals surface area contributed by atoms with Crippen molar-refractivity contribution in [1.82, 2.24) is 19.1 Å². The lowest BCUT2D eigenvalue weighted by Crippen LogP contribution is -2.01. The second kappa shape index (κ2) is 15.3. The molecule has 0 fully saturated rings. The molecule has 0 saturated heterocycles. The summed E-state index contributed by atoms with van der Waals surface area (Å²) in [6, 6.07) is 78.8. The molecule has 0 aliphatic carbocycles. The van der Waals surface area contributed by atoms with Crippen LogP contribution in [-0.4, -0.2) is 19.1 Å². The topological polar surface area (TPSA) is 40.0 Å². The van der Waals surface area contributed by atoms with Crippen LogP contribution in [0.15, 0.2) is 224 Å². The standard InChI is InChI=1S/C59H37N5/c1-60-45-22-14-20-41(34-45)42-30-32-58-51(36-42)49-26-10-13-29-56(49)64(58)57-33-31-44(59-61-52(39-16-4-2-5-17-39)38-53(62-59)40-18-6-3-7-19-40)37-50(57)43-21-15-23-46(35-43)63-54-27-11-8-24-47(54)48-25-9-12-28-55(48)63/h2-38H. The summed E-state index contributed by atoms with van der Waals surface area (Å²) in [4.78, 5) is 14.2. The Morgan fingerprint density at radius 2 is 0.859 bits per heavy atom. The monoisotopic (exact) mass is 815 g/mol. The Kier molecular flexibility index (Phi) is 8.81. The molecule has 5 nitrogen and oxygen atoms in total.